The van der Waals surface area contributed by atoms with E-state index in [1.165, 1.54) is 18.0 Å². The molecular formula is C28H23F7N6O4. The van der Waals surface area contributed by atoms with Crippen LogP contribution in [0, 0.1) is 5.82 Å². The summed E-state index contributed by atoms with van der Waals surface area (Å²) in [6, 6.07) is 13.0. The summed E-state index contributed by atoms with van der Waals surface area (Å²) in [6.07, 6.45) is -3.64. The number of hydrogen-bond acceptors (Lipinski definition) is 7. The molecule has 45 heavy (non-hydrogen) atoms. The number of imidazole rings is 1. The maximum absolute atomic E-state index is 14.1. The van der Waals surface area contributed by atoms with Crippen molar-refractivity contribution in [3.63, 3.8) is 0 Å². The highest BCUT2D eigenvalue weighted by atomic mass is 19.4. The highest BCUT2D eigenvalue weighted by molar-refractivity contribution is 5.97. The van der Waals surface area contributed by atoms with E-state index in [4.69, 9.17) is 19.8 Å². The van der Waals surface area contributed by atoms with E-state index in [1.807, 2.05) is 12.1 Å². The molecule has 0 aliphatic heterocycles. The van der Waals surface area contributed by atoms with Crippen molar-refractivity contribution < 1.29 is 50.5 Å². The molecule has 0 fully saturated rings. The van der Waals surface area contributed by atoms with Crippen LogP contribution in [0.2, 0.25) is 0 Å². The molecule has 3 aromatic heterocycles. The van der Waals surface area contributed by atoms with E-state index < -0.39 is 24.3 Å². The van der Waals surface area contributed by atoms with E-state index in [2.05, 4.69) is 49.3 Å². The minimum Gasteiger partial charge on any atom is -0.475 e. The van der Waals surface area contributed by atoms with E-state index in [0.717, 1.165) is 46.0 Å². The molecule has 0 saturated heterocycles. The molecule has 238 valence electrons. The molecule has 0 amide bonds. The van der Waals surface area contributed by atoms with Gasteiger partial charge in [-0.15, -0.1) is 0 Å². The van der Waals surface area contributed by atoms with Crippen LogP contribution >= 0.6 is 0 Å². The minimum absolute atomic E-state index is 0.257. The van der Waals surface area contributed by atoms with Crippen molar-refractivity contribution in [3.8, 4) is 11.1 Å². The molecule has 17 heteroatoms. The van der Waals surface area contributed by atoms with Gasteiger partial charge in [0.1, 0.15) is 17.7 Å². The number of alkyl halides is 6. The number of nitrogens with zero attached hydrogens (tertiary/aromatic N) is 4. The Labute approximate surface area is 249 Å². The van der Waals surface area contributed by atoms with Crippen molar-refractivity contribution in [3.05, 3.63) is 78.3 Å². The minimum atomic E-state index is -5.08. The van der Waals surface area contributed by atoms with Crippen molar-refractivity contribution in [2.24, 2.45) is 0 Å². The number of pyridine rings is 1. The van der Waals surface area contributed by atoms with Crippen LogP contribution in [-0.4, -0.2) is 66.0 Å². The number of carboxylic acids is 2. The third-order valence-corrected chi connectivity index (χ3v) is 5.95. The number of carboxylic acid groups (broad SMARTS) is 2. The Morgan fingerprint density at radius 3 is 2.16 bits per heavy atom. The largest absolute Gasteiger partial charge is 0.490 e. The van der Waals surface area contributed by atoms with Gasteiger partial charge in [0.15, 0.2) is 11.5 Å². The van der Waals surface area contributed by atoms with Gasteiger partial charge in [-0.05, 0) is 47.7 Å². The first-order chi connectivity index (χ1) is 21.1. The van der Waals surface area contributed by atoms with Crippen molar-refractivity contribution in [2.45, 2.75) is 32.1 Å². The second-order valence-corrected chi connectivity index (χ2v) is 8.94. The first kappa shape index (κ1) is 34.1. The van der Waals surface area contributed by atoms with Gasteiger partial charge in [0.2, 0.25) is 0 Å². The predicted octanol–water partition coefficient (Wildman–Crippen LogP) is 6.19. The Morgan fingerprint density at radius 1 is 0.889 bits per heavy atom. The number of anilines is 1. The molecule has 4 N–H and O–H groups in total. The summed E-state index contributed by atoms with van der Waals surface area (Å²) in [6.45, 7) is 2.79. The highest BCUT2D eigenvalue weighted by Crippen LogP contribution is 2.34. The van der Waals surface area contributed by atoms with Gasteiger partial charge >= 0.3 is 24.3 Å². The number of hydrogen-bond donors (Lipinski definition) is 4. The third-order valence-electron chi connectivity index (χ3n) is 5.95. The van der Waals surface area contributed by atoms with Crippen LogP contribution in [0.15, 0.2) is 61.3 Å². The lowest BCUT2D eigenvalue weighted by molar-refractivity contribution is -0.193. The lowest BCUT2D eigenvalue weighted by atomic mass is 9.91. The van der Waals surface area contributed by atoms with Crippen LogP contribution in [0.1, 0.15) is 18.1 Å². The zero-order valence-electron chi connectivity index (χ0n) is 23.0. The summed E-state index contributed by atoms with van der Waals surface area (Å²) in [5, 5.41) is 18.7. The molecule has 3 heterocycles. The number of carbonyl (C=O) groups is 2. The van der Waals surface area contributed by atoms with Gasteiger partial charge in [-0.2, -0.15) is 26.3 Å². The van der Waals surface area contributed by atoms with Crippen LogP contribution in [0.3, 0.4) is 0 Å². The SMILES string of the molecule is CCc1cc(CCNc2ncnc3nc[nH]c23)c(-c2cccc(F)c2)c2ncccc12.O=C(O)C(F)(F)F.O=C(O)C(F)(F)F. The number of aliphatic carboxylic acids is 2. The Morgan fingerprint density at radius 2 is 1.56 bits per heavy atom. The Kier molecular flexibility index (Phi) is 10.9. The van der Waals surface area contributed by atoms with Gasteiger partial charge in [-0.1, -0.05) is 31.2 Å². The second-order valence-electron chi connectivity index (χ2n) is 8.94. The average Bonchev–Trinajstić information content (AvgIpc) is 3.46. The summed E-state index contributed by atoms with van der Waals surface area (Å²) in [5.74, 6) is -5.06. The third kappa shape index (κ3) is 9.07. The number of fused-ring (bicyclic) bond motifs is 2. The number of aromatic amines is 1. The van der Waals surface area contributed by atoms with Crippen LogP contribution in [-0.2, 0) is 22.4 Å². The van der Waals surface area contributed by atoms with Crippen LogP contribution < -0.4 is 5.32 Å². The van der Waals surface area contributed by atoms with Gasteiger partial charge in [-0.25, -0.2) is 28.9 Å². The molecule has 0 saturated carbocycles. The molecule has 10 nitrogen and oxygen atoms in total. The zero-order chi connectivity index (χ0) is 33.4. The van der Waals surface area contributed by atoms with E-state index in [0.29, 0.717) is 18.0 Å². The summed E-state index contributed by atoms with van der Waals surface area (Å²) in [5.41, 5.74) is 6.47. The Balaban J connectivity index is 0.000000331. The smallest absolute Gasteiger partial charge is 0.475 e. The average molecular weight is 641 g/mol. The van der Waals surface area contributed by atoms with Gasteiger partial charge < -0.3 is 20.5 Å². The Bertz CT molecular complexity index is 1770. The molecule has 0 aliphatic rings. The maximum Gasteiger partial charge on any atom is 0.490 e. The maximum atomic E-state index is 14.1. The van der Waals surface area contributed by atoms with Crippen molar-refractivity contribution in [1.29, 1.82) is 0 Å². The number of H-pyrrole nitrogens is 1. The molecule has 0 spiro atoms. The fourth-order valence-electron chi connectivity index (χ4n) is 4.05. The Hall–Kier alpha value is -5.35. The number of halogens is 7. The van der Waals surface area contributed by atoms with E-state index >= 15 is 0 Å². The number of aryl methyl sites for hydroxylation is 1. The normalized spacial score (nSPS) is 11.3. The van der Waals surface area contributed by atoms with Crippen molar-refractivity contribution in [1.82, 2.24) is 24.9 Å². The first-order valence-corrected chi connectivity index (χ1v) is 12.8. The summed E-state index contributed by atoms with van der Waals surface area (Å²) in [4.78, 5) is 38.2. The molecule has 0 radical (unpaired) electrons. The van der Waals surface area contributed by atoms with Gasteiger partial charge in [0.05, 0.1) is 11.8 Å². The predicted molar refractivity (Wildman–Crippen MR) is 148 cm³/mol. The van der Waals surface area contributed by atoms with E-state index in [1.54, 1.807) is 24.7 Å². The van der Waals surface area contributed by atoms with Gasteiger partial charge in [0.25, 0.3) is 0 Å². The quantitative estimate of drug-likeness (QED) is 0.159. The standard InChI is InChI=1S/C24H21FN6.2C2HF3O2/c1-2-15-11-17(8-10-27-23-22-24(29-13-28-22)31-14-30-23)20(16-5-3-6-18(25)12-16)21-19(15)7-4-9-26-21;2*3-2(4,5)1(6)7/h3-7,9,11-14H,2,8,10H2,1H3,(H2,27,28,29,30,31);2*(H,6,7). The van der Waals surface area contributed by atoms with Crippen molar-refractivity contribution in [2.75, 3.05) is 11.9 Å². The second kappa shape index (κ2) is 14.4. The summed E-state index contributed by atoms with van der Waals surface area (Å²) < 4.78 is 77.5. The molecule has 5 rings (SSSR count). The number of aromatic nitrogens is 5. The van der Waals surface area contributed by atoms with Gasteiger partial charge in [-0.3, -0.25) is 4.98 Å². The van der Waals surface area contributed by atoms with E-state index in [9.17, 15) is 30.7 Å². The highest BCUT2D eigenvalue weighted by Gasteiger charge is 2.38. The lowest BCUT2D eigenvalue weighted by Crippen LogP contribution is -2.21. The number of rotatable bonds is 6. The summed E-state index contributed by atoms with van der Waals surface area (Å²) in [7, 11) is 0. The van der Waals surface area contributed by atoms with Crippen LogP contribution in [0.5, 0.6) is 0 Å². The molecule has 0 atom stereocenters. The molecular weight excluding hydrogens is 617 g/mol. The number of nitrogens with one attached hydrogen (secondary N) is 2. The first-order valence-electron chi connectivity index (χ1n) is 12.8. The fraction of sp³-hybridized carbons (Fsp3) is 0.214. The molecule has 2 aromatic carbocycles. The molecule has 0 aliphatic carbocycles. The number of benzene rings is 2. The van der Waals surface area contributed by atoms with Crippen LogP contribution in [0.25, 0.3) is 33.2 Å². The van der Waals surface area contributed by atoms with Crippen LogP contribution in [0.4, 0.5) is 36.6 Å². The summed E-state index contributed by atoms with van der Waals surface area (Å²) >= 11 is 0. The molecule has 0 unspecified atom stereocenters. The molecule has 0 bridgehead atoms. The van der Waals surface area contributed by atoms with E-state index in [-0.39, 0.29) is 5.82 Å². The monoisotopic (exact) mass is 640 g/mol. The van der Waals surface area contributed by atoms with Gasteiger partial charge in [0, 0.05) is 23.7 Å². The lowest BCUT2D eigenvalue weighted by Gasteiger charge is -2.16. The topological polar surface area (TPSA) is 154 Å². The zero-order valence-corrected chi connectivity index (χ0v) is 23.0. The molecule has 5 aromatic rings. The van der Waals surface area contributed by atoms with Crippen molar-refractivity contribution >= 4 is 39.8 Å². The fourth-order valence-corrected chi connectivity index (χ4v) is 4.05.